The maximum absolute atomic E-state index is 9.17. The quantitative estimate of drug-likeness (QED) is 0.515. The van der Waals surface area contributed by atoms with Gasteiger partial charge < -0.3 is 24.2 Å². The number of allylic oxidation sites excluding steroid dienone is 1. The Morgan fingerprint density at radius 3 is 2.56 bits per heavy atom. The zero-order chi connectivity index (χ0) is 23.8. The van der Waals surface area contributed by atoms with Crippen LogP contribution in [0.2, 0.25) is 0 Å². The fourth-order valence-electron chi connectivity index (χ4n) is 8.65. The fraction of sp³-hybridized carbons (Fsp3) is 0.931. The predicted molar refractivity (Wildman–Crippen MR) is 134 cm³/mol. The van der Waals surface area contributed by atoms with E-state index in [9.17, 15) is 0 Å². The second-order valence-electron chi connectivity index (χ2n) is 12.6. The van der Waals surface area contributed by atoms with E-state index in [1.54, 1.807) is 0 Å². The van der Waals surface area contributed by atoms with Crippen LogP contribution in [0.25, 0.3) is 0 Å². The summed E-state index contributed by atoms with van der Waals surface area (Å²) in [6.45, 7) is 14.4. The minimum absolute atomic E-state index is 0.0384. The molecule has 34 heavy (non-hydrogen) atoms. The van der Waals surface area contributed by atoms with Crippen molar-refractivity contribution in [2.75, 3.05) is 39.5 Å². The highest BCUT2D eigenvalue weighted by Crippen LogP contribution is 2.63. The van der Waals surface area contributed by atoms with Gasteiger partial charge >= 0.3 is 0 Å². The summed E-state index contributed by atoms with van der Waals surface area (Å²) in [7, 11) is 0. The van der Waals surface area contributed by atoms with Gasteiger partial charge in [-0.05, 0) is 75.0 Å². The summed E-state index contributed by atoms with van der Waals surface area (Å²) in [6.07, 6.45) is 14.0. The van der Waals surface area contributed by atoms with Gasteiger partial charge in [-0.2, -0.15) is 0 Å². The molecule has 0 aromatic rings. The van der Waals surface area contributed by atoms with Crippen LogP contribution >= 0.6 is 0 Å². The number of aliphatic hydroxyl groups excluding tert-OH is 1. The molecule has 6 atom stereocenters. The second-order valence-corrected chi connectivity index (χ2v) is 12.6. The number of rotatable bonds is 7. The lowest BCUT2D eigenvalue weighted by Crippen LogP contribution is -2.62. The largest absolute Gasteiger partial charge is 0.395 e. The summed E-state index contributed by atoms with van der Waals surface area (Å²) in [6, 6.07) is 0. The van der Waals surface area contributed by atoms with E-state index in [0.717, 1.165) is 65.0 Å². The lowest BCUT2D eigenvalue weighted by molar-refractivity contribution is -0.316. The molecule has 2 saturated heterocycles. The molecule has 5 nitrogen and oxygen atoms in total. The van der Waals surface area contributed by atoms with E-state index in [0.29, 0.717) is 30.0 Å². The molecule has 5 fully saturated rings. The normalized spacial score (nSPS) is 42.5. The zero-order valence-corrected chi connectivity index (χ0v) is 21.8. The number of aliphatic hydroxyl groups is 1. The van der Waals surface area contributed by atoms with Crippen LogP contribution in [0, 0.1) is 28.6 Å². The van der Waals surface area contributed by atoms with Crippen molar-refractivity contribution in [1.29, 1.82) is 0 Å². The van der Waals surface area contributed by atoms with E-state index in [1.807, 2.05) is 0 Å². The minimum atomic E-state index is 0.0384. The Bertz CT molecular complexity index is 700. The van der Waals surface area contributed by atoms with Crippen molar-refractivity contribution in [3.05, 3.63) is 12.2 Å². The van der Waals surface area contributed by atoms with Gasteiger partial charge in [0.1, 0.15) is 0 Å². The Balaban J connectivity index is 1.19. The maximum atomic E-state index is 9.17. The molecule has 2 heterocycles. The lowest BCUT2D eigenvalue weighted by atomic mass is 9.46. The summed E-state index contributed by atoms with van der Waals surface area (Å²) in [5.74, 6) is 1.77. The highest BCUT2D eigenvalue weighted by Gasteiger charge is 2.60. The molecule has 0 radical (unpaired) electrons. The van der Waals surface area contributed by atoms with E-state index < -0.39 is 0 Å². The monoisotopic (exact) mass is 475 g/mol. The first-order valence-corrected chi connectivity index (χ1v) is 14.3. The van der Waals surface area contributed by atoms with Crippen LogP contribution in [0.1, 0.15) is 84.5 Å². The van der Waals surface area contributed by atoms with Gasteiger partial charge in [-0.25, -0.2) is 0 Å². The first kappa shape index (κ1) is 25.2. The molecular formula is C29H49NO4. The molecule has 0 spiro atoms. The van der Waals surface area contributed by atoms with E-state index >= 15 is 0 Å². The van der Waals surface area contributed by atoms with Crippen LogP contribution < -0.4 is 0 Å². The van der Waals surface area contributed by atoms with Gasteiger partial charge in [0, 0.05) is 37.6 Å². The topological polar surface area (TPSA) is 51.2 Å². The van der Waals surface area contributed by atoms with Crippen LogP contribution in [0.3, 0.4) is 0 Å². The molecule has 194 valence electrons. The van der Waals surface area contributed by atoms with Gasteiger partial charge in [0.2, 0.25) is 0 Å². The van der Waals surface area contributed by atoms with Crippen LogP contribution in [-0.4, -0.2) is 68.0 Å². The van der Waals surface area contributed by atoms with E-state index in [-0.39, 0.29) is 23.7 Å². The van der Waals surface area contributed by atoms with Crippen molar-refractivity contribution in [2.45, 2.75) is 103 Å². The second kappa shape index (κ2) is 10.5. The number of hydrogen-bond donors (Lipinski definition) is 1. The minimum Gasteiger partial charge on any atom is -0.395 e. The molecule has 0 amide bonds. The number of hydrogen-bond acceptors (Lipinski definition) is 5. The average molecular weight is 476 g/mol. The third-order valence-corrected chi connectivity index (χ3v) is 10.7. The Kier molecular flexibility index (Phi) is 7.78. The maximum Gasteiger partial charge on any atom is 0.160 e. The van der Waals surface area contributed by atoms with Gasteiger partial charge in [0.15, 0.2) is 6.29 Å². The van der Waals surface area contributed by atoms with E-state index in [2.05, 4.69) is 25.3 Å². The van der Waals surface area contributed by atoms with Crippen LogP contribution in [0.4, 0.5) is 0 Å². The molecule has 5 heteroatoms. The molecule has 1 unspecified atom stereocenters. The van der Waals surface area contributed by atoms with Crippen molar-refractivity contribution in [1.82, 2.24) is 4.90 Å². The molecule has 5 aliphatic rings. The Labute approximate surface area is 207 Å². The molecule has 0 bridgehead atoms. The predicted octanol–water partition coefficient (Wildman–Crippen LogP) is 5.17. The van der Waals surface area contributed by atoms with Crippen molar-refractivity contribution >= 4 is 0 Å². The highest BCUT2D eigenvalue weighted by molar-refractivity contribution is 5.18. The lowest BCUT2D eigenvalue weighted by Gasteiger charge is -2.63. The molecule has 0 aromatic heterocycles. The first-order chi connectivity index (χ1) is 16.4. The number of ether oxygens (including phenoxy) is 3. The number of fused-ring (bicyclic) bond motifs is 3. The summed E-state index contributed by atoms with van der Waals surface area (Å²) in [5.41, 5.74) is 1.83. The molecule has 3 saturated carbocycles. The summed E-state index contributed by atoms with van der Waals surface area (Å²) in [4.78, 5) is 2.35. The van der Waals surface area contributed by atoms with Crippen molar-refractivity contribution in [3.8, 4) is 0 Å². The Hall–Kier alpha value is -0.460. The van der Waals surface area contributed by atoms with Crippen molar-refractivity contribution in [2.24, 2.45) is 28.6 Å². The van der Waals surface area contributed by atoms with Gasteiger partial charge in [0.25, 0.3) is 0 Å². The smallest absolute Gasteiger partial charge is 0.160 e. The first-order valence-electron chi connectivity index (χ1n) is 14.3. The fourth-order valence-corrected chi connectivity index (χ4v) is 8.65. The summed E-state index contributed by atoms with van der Waals surface area (Å²) >= 11 is 0. The van der Waals surface area contributed by atoms with Crippen LogP contribution in [-0.2, 0) is 14.2 Å². The number of likely N-dealkylation sites (tertiary alicyclic amines) is 1. The van der Waals surface area contributed by atoms with Crippen LogP contribution in [0.5, 0.6) is 0 Å². The number of nitrogens with zero attached hydrogens (tertiary/aromatic N) is 1. The van der Waals surface area contributed by atoms with Gasteiger partial charge in [-0.15, -0.1) is 0 Å². The Morgan fingerprint density at radius 2 is 1.82 bits per heavy atom. The summed E-state index contributed by atoms with van der Waals surface area (Å²) < 4.78 is 19.6. The molecule has 5 rings (SSSR count). The number of β-amino-alcohol motifs (C(OH)–C–C–N with tert-alkyl or cyclic N) is 1. The third kappa shape index (κ3) is 4.77. The molecular weight excluding hydrogens is 426 g/mol. The standard InChI is InChI=1S/C29H49NO4/c1-21-8-9-25-28(2,24(21)13-19-32-23-11-15-30(16-12-23)17-18-31)14-10-26-29(25,3)20-33-27(34-26)22-6-4-5-7-22/h22-27,31H,1,4-20H2,2-3H3/t24-,25?,26-,27-,28+,29+/m1/s1. The van der Waals surface area contributed by atoms with E-state index in [1.165, 1.54) is 44.1 Å². The summed E-state index contributed by atoms with van der Waals surface area (Å²) in [5, 5.41) is 9.17. The van der Waals surface area contributed by atoms with Crippen LogP contribution in [0.15, 0.2) is 12.2 Å². The molecule has 3 aliphatic carbocycles. The Morgan fingerprint density at radius 1 is 1.06 bits per heavy atom. The molecule has 2 aliphatic heterocycles. The van der Waals surface area contributed by atoms with Gasteiger partial charge in [-0.1, -0.05) is 38.8 Å². The van der Waals surface area contributed by atoms with Crippen molar-refractivity contribution in [3.63, 3.8) is 0 Å². The van der Waals surface area contributed by atoms with E-state index in [4.69, 9.17) is 19.3 Å². The molecule has 1 N–H and O–H groups in total. The highest BCUT2D eigenvalue weighted by atomic mass is 16.7. The van der Waals surface area contributed by atoms with Gasteiger partial charge in [0.05, 0.1) is 25.4 Å². The number of piperidine rings is 1. The van der Waals surface area contributed by atoms with Crippen molar-refractivity contribution < 1.29 is 19.3 Å². The average Bonchev–Trinajstić information content (AvgIpc) is 3.36. The SMILES string of the molecule is C=C1CCC2[C@]3(C)CO[C@@H](C4CCCC4)O[C@@H]3CC[C@@]2(C)[C@@H]1CCOC1CCN(CCO)CC1. The third-order valence-electron chi connectivity index (χ3n) is 10.7. The zero-order valence-electron chi connectivity index (χ0n) is 21.8. The van der Waals surface area contributed by atoms with Gasteiger partial charge in [-0.3, -0.25) is 0 Å². The molecule has 0 aromatic carbocycles.